The molecule has 10 heteroatoms. The molecule has 0 spiro atoms. The van der Waals surface area contributed by atoms with Gasteiger partial charge in [-0.05, 0) is 18.2 Å². The summed E-state index contributed by atoms with van der Waals surface area (Å²) in [6, 6.07) is 7.00. The van der Waals surface area contributed by atoms with E-state index in [1.165, 1.54) is 0 Å². The van der Waals surface area contributed by atoms with Gasteiger partial charge in [-0.3, -0.25) is 10.1 Å². The SMILES string of the molecule is O=[N+]([O-])c1cnc(Sc2nnc(-c3cccc(Cl)c3)o2)nc1. The number of hydrogen-bond donors (Lipinski definition) is 0. The van der Waals surface area contributed by atoms with Gasteiger partial charge in [0.15, 0.2) is 5.16 Å². The van der Waals surface area contributed by atoms with E-state index >= 15 is 0 Å². The Morgan fingerprint density at radius 3 is 2.68 bits per heavy atom. The van der Waals surface area contributed by atoms with E-state index in [0.29, 0.717) is 16.5 Å². The molecule has 0 fully saturated rings. The Balaban J connectivity index is 1.78. The van der Waals surface area contributed by atoms with Crippen LogP contribution < -0.4 is 0 Å². The third kappa shape index (κ3) is 3.21. The van der Waals surface area contributed by atoms with Gasteiger partial charge in [-0.25, -0.2) is 9.97 Å². The number of aromatic nitrogens is 4. The molecule has 0 unspecified atom stereocenters. The van der Waals surface area contributed by atoms with Gasteiger partial charge in [0.2, 0.25) is 5.89 Å². The number of hydrogen-bond acceptors (Lipinski definition) is 8. The van der Waals surface area contributed by atoms with Crippen molar-refractivity contribution in [3.63, 3.8) is 0 Å². The molecule has 0 aliphatic rings. The fraction of sp³-hybridized carbons (Fsp3) is 0. The first-order chi connectivity index (χ1) is 10.6. The Kier molecular flexibility index (Phi) is 3.98. The molecule has 0 N–H and O–H groups in total. The summed E-state index contributed by atoms with van der Waals surface area (Å²) in [7, 11) is 0. The second kappa shape index (κ2) is 6.08. The quantitative estimate of drug-likeness (QED) is 0.406. The fourth-order valence-corrected chi connectivity index (χ4v) is 2.28. The van der Waals surface area contributed by atoms with Crippen molar-refractivity contribution < 1.29 is 9.34 Å². The molecule has 8 nitrogen and oxygen atoms in total. The van der Waals surface area contributed by atoms with Gasteiger partial charge in [-0.1, -0.05) is 17.7 Å². The highest BCUT2D eigenvalue weighted by molar-refractivity contribution is 7.98. The lowest BCUT2D eigenvalue weighted by Crippen LogP contribution is -1.92. The van der Waals surface area contributed by atoms with Gasteiger partial charge >= 0.3 is 5.69 Å². The van der Waals surface area contributed by atoms with Gasteiger partial charge in [0.1, 0.15) is 12.4 Å². The molecule has 1 aromatic carbocycles. The van der Waals surface area contributed by atoms with Crippen LogP contribution in [0.4, 0.5) is 5.69 Å². The van der Waals surface area contributed by atoms with E-state index < -0.39 is 4.92 Å². The lowest BCUT2D eigenvalue weighted by atomic mass is 10.2. The van der Waals surface area contributed by atoms with Crippen LogP contribution in [-0.2, 0) is 0 Å². The summed E-state index contributed by atoms with van der Waals surface area (Å²) in [5.41, 5.74) is 0.506. The Hall–Kier alpha value is -2.52. The molecular weight excluding hydrogens is 330 g/mol. The zero-order valence-electron chi connectivity index (χ0n) is 10.7. The largest absolute Gasteiger partial charge is 0.411 e. The summed E-state index contributed by atoms with van der Waals surface area (Å²) >= 11 is 6.91. The van der Waals surface area contributed by atoms with Gasteiger partial charge in [0.25, 0.3) is 5.22 Å². The number of rotatable bonds is 4. The lowest BCUT2D eigenvalue weighted by molar-refractivity contribution is -0.385. The van der Waals surface area contributed by atoms with Crippen molar-refractivity contribution in [2.75, 3.05) is 0 Å². The van der Waals surface area contributed by atoms with Crippen LogP contribution in [0.2, 0.25) is 5.02 Å². The highest BCUT2D eigenvalue weighted by atomic mass is 35.5. The molecule has 0 radical (unpaired) electrons. The first kappa shape index (κ1) is 14.4. The fourth-order valence-electron chi connectivity index (χ4n) is 1.52. The van der Waals surface area contributed by atoms with Crippen molar-refractivity contribution in [3.05, 3.63) is 51.8 Å². The first-order valence-corrected chi connectivity index (χ1v) is 7.05. The molecule has 0 bridgehead atoms. The Morgan fingerprint density at radius 2 is 2.00 bits per heavy atom. The van der Waals surface area contributed by atoms with Crippen LogP contribution in [0, 0.1) is 10.1 Å². The van der Waals surface area contributed by atoms with Gasteiger partial charge < -0.3 is 4.42 Å². The van der Waals surface area contributed by atoms with Crippen molar-refractivity contribution in [2.45, 2.75) is 10.4 Å². The normalized spacial score (nSPS) is 10.6. The monoisotopic (exact) mass is 335 g/mol. The molecule has 3 aromatic rings. The first-order valence-electron chi connectivity index (χ1n) is 5.85. The van der Waals surface area contributed by atoms with Gasteiger partial charge in [0.05, 0.1) is 4.92 Å². The molecule has 0 aliphatic heterocycles. The Bertz CT molecular complexity index is 824. The predicted octanol–water partition coefficient (Wildman–Crippen LogP) is 3.24. The lowest BCUT2D eigenvalue weighted by Gasteiger charge is -1.95. The molecule has 0 saturated heterocycles. The molecule has 0 amide bonds. The zero-order chi connectivity index (χ0) is 15.5. The molecule has 22 heavy (non-hydrogen) atoms. The summed E-state index contributed by atoms with van der Waals surface area (Å²) in [6.45, 7) is 0. The minimum atomic E-state index is -0.571. The summed E-state index contributed by atoms with van der Waals surface area (Å²) in [5, 5.41) is 19.4. The van der Waals surface area contributed by atoms with E-state index in [0.717, 1.165) is 24.2 Å². The van der Waals surface area contributed by atoms with E-state index in [2.05, 4.69) is 20.2 Å². The molecule has 0 saturated carbocycles. The van der Waals surface area contributed by atoms with Crippen LogP contribution >= 0.6 is 23.4 Å². The average Bonchev–Trinajstić information content (AvgIpc) is 2.96. The maximum atomic E-state index is 10.5. The molecule has 0 aliphatic carbocycles. The second-order valence-corrected chi connectivity index (χ2v) is 5.32. The molecule has 2 heterocycles. The van der Waals surface area contributed by atoms with E-state index in [-0.39, 0.29) is 16.1 Å². The zero-order valence-corrected chi connectivity index (χ0v) is 12.3. The van der Waals surface area contributed by atoms with Crippen LogP contribution in [0.25, 0.3) is 11.5 Å². The van der Waals surface area contributed by atoms with E-state index in [4.69, 9.17) is 16.0 Å². The minimum Gasteiger partial charge on any atom is -0.411 e. The van der Waals surface area contributed by atoms with E-state index in [1.54, 1.807) is 24.3 Å². The van der Waals surface area contributed by atoms with Crippen molar-refractivity contribution in [1.29, 1.82) is 0 Å². The van der Waals surface area contributed by atoms with Gasteiger partial charge in [-0.2, -0.15) is 0 Å². The third-order valence-electron chi connectivity index (χ3n) is 2.48. The van der Waals surface area contributed by atoms with Crippen LogP contribution in [0.3, 0.4) is 0 Å². The van der Waals surface area contributed by atoms with Gasteiger partial charge in [-0.15, -0.1) is 10.2 Å². The standard InChI is InChI=1S/C12H6ClN5O3S/c13-8-3-1-2-7(4-8)10-16-17-12(21-10)22-11-14-5-9(6-15-11)18(19)20/h1-6H. The van der Waals surface area contributed by atoms with Gasteiger partial charge in [0, 0.05) is 22.3 Å². The highest BCUT2D eigenvalue weighted by Gasteiger charge is 2.13. The maximum absolute atomic E-state index is 10.5. The smallest absolute Gasteiger partial charge is 0.305 e. The number of nitro groups is 1. The number of nitrogens with zero attached hydrogens (tertiary/aromatic N) is 5. The van der Waals surface area contributed by atoms with Crippen molar-refractivity contribution in [1.82, 2.24) is 20.2 Å². The van der Waals surface area contributed by atoms with Crippen LogP contribution in [0.15, 0.2) is 51.5 Å². The highest BCUT2D eigenvalue weighted by Crippen LogP contribution is 2.28. The molecule has 110 valence electrons. The van der Waals surface area contributed by atoms with E-state index in [9.17, 15) is 10.1 Å². The number of halogens is 1. The molecule has 3 rings (SSSR count). The number of benzene rings is 1. The van der Waals surface area contributed by atoms with Crippen molar-refractivity contribution in [3.8, 4) is 11.5 Å². The summed E-state index contributed by atoms with van der Waals surface area (Å²) in [4.78, 5) is 17.7. The minimum absolute atomic E-state index is 0.186. The molecule has 2 aromatic heterocycles. The third-order valence-corrected chi connectivity index (χ3v) is 3.45. The predicted molar refractivity (Wildman–Crippen MR) is 77.6 cm³/mol. The van der Waals surface area contributed by atoms with E-state index in [1.807, 2.05) is 0 Å². The van der Waals surface area contributed by atoms with Crippen molar-refractivity contribution >= 4 is 29.1 Å². The molecular formula is C12H6ClN5O3S. The van der Waals surface area contributed by atoms with Crippen molar-refractivity contribution in [2.24, 2.45) is 0 Å². The van der Waals surface area contributed by atoms with Crippen LogP contribution in [0.1, 0.15) is 0 Å². The Morgan fingerprint density at radius 1 is 1.23 bits per heavy atom. The van der Waals surface area contributed by atoms with Crippen LogP contribution in [0.5, 0.6) is 0 Å². The maximum Gasteiger partial charge on any atom is 0.305 e. The van der Waals surface area contributed by atoms with Crippen LogP contribution in [-0.4, -0.2) is 25.1 Å². The molecule has 0 atom stereocenters. The Labute approximate surface area is 132 Å². The second-order valence-electron chi connectivity index (χ2n) is 3.97. The summed E-state index contributed by atoms with van der Waals surface area (Å²) < 4.78 is 5.47. The topological polar surface area (TPSA) is 108 Å². The average molecular weight is 336 g/mol. The summed E-state index contributed by atoms with van der Waals surface area (Å²) in [5.74, 6) is 0.312. The summed E-state index contributed by atoms with van der Waals surface area (Å²) in [6.07, 6.45) is 2.23.